The number of halogens is 1. The first-order valence-electron chi connectivity index (χ1n) is 11.6. The van der Waals surface area contributed by atoms with Crippen LogP contribution in [0.5, 0.6) is 5.88 Å². The third kappa shape index (κ3) is 6.71. The van der Waals surface area contributed by atoms with Crippen molar-refractivity contribution in [3.63, 3.8) is 0 Å². The molecule has 1 aliphatic heterocycles. The Hall–Kier alpha value is -3.68. The van der Waals surface area contributed by atoms with Gasteiger partial charge in [-0.1, -0.05) is 24.8 Å². The number of rotatable bonds is 6. The van der Waals surface area contributed by atoms with Gasteiger partial charge in [-0.15, -0.1) is 0 Å². The predicted molar refractivity (Wildman–Crippen MR) is 132 cm³/mol. The molecule has 3 atom stereocenters. The summed E-state index contributed by atoms with van der Waals surface area (Å²) in [5.41, 5.74) is 1.08. The lowest BCUT2D eigenvalue weighted by Crippen LogP contribution is -2.50. The minimum absolute atomic E-state index is 0.128. The number of likely N-dealkylation sites (N-methyl/N-ethyl adjacent to an activating group) is 1. The molecule has 0 saturated carbocycles. The summed E-state index contributed by atoms with van der Waals surface area (Å²) in [6.07, 6.45) is 0.990. The molecular weight excluding hydrogens is 467 g/mol. The zero-order valence-electron chi connectivity index (χ0n) is 20.8. The lowest BCUT2D eigenvalue weighted by Gasteiger charge is -2.37. The number of hydrogen-bond acceptors (Lipinski definition) is 6. The molecule has 0 saturated heterocycles. The number of aliphatic hydroxyl groups is 1. The van der Waals surface area contributed by atoms with Crippen molar-refractivity contribution >= 4 is 17.6 Å². The van der Waals surface area contributed by atoms with E-state index in [1.807, 2.05) is 6.92 Å². The minimum atomic E-state index is -0.522. The summed E-state index contributed by atoms with van der Waals surface area (Å²) in [7, 11) is 3.14. The van der Waals surface area contributed by atoms with Gasteiger partial charge in [-0.25, -0.2) is 14.2 Å². The van der Waals surface area contributed by atoms with Gasteiger partial charge in [-0.3, -0.25) is 4.79 Å². The number of benzene rings is 1. The summed E-state index contributed by atoms with van der Waals surface area (Å²) in [5.74, 6) is 4.88. The van der Waals surface area contributed by atoms with Crippen LogP contribution in [0, 0.1) is 23.6 Å². The smallest absolute Gasteiger partial charge is 0.321 e. The Bertz CT molecular complexity index is 1150. The number of pyridine rings is 1. The number of methoxy groups -OCH3 is 1. The normalized spacial score (nSPS) is 18.1. The van der Waals surface area contributed by atoms with E-state index < -0.39 is 24.0 Å². The zero-order chi connectivity index (χ0) is 26.2. The molecule has 0 unspecified atom stereocenters. The van der Waals surface area contributed by atoms with Gasteiger partial charge >= 0.3 is 6.03 Å². The average molecular weight is 499 g/mol. The molecule has 1 aromatic heterocycles. The number of amides is 3. The quantitative estimate of drug-likeness (QED) is 0.594. The summed E-state index contributed by atoms with van der Waals surface area (Å²) >= 11 is 0. The molecule has 1 aliphatic rings. The molecule has 2 aromatic rings. The van der Waals surface area contributed by atoms with Crippen LogP contribution in [-0.2, 0) is 4.74 Å². The summed E-state index contributed by atoms with van der Waals surface area (Å²) in [6.45, 7) is 4.16. The molecule has 0 fully saturated rings. The van der Waals surface area contributed by atoms with Gasteiger partial charge in [-0.05, 0) is 31.2 Å². The second-order valence-electron chi connectivity index (χ2n) is 8.76. The Morgan fingerprint density at radius 3 is 2.92 bits per heavy atom. The maximum absolute atomic E-state index is 13.5. The number of hydrogen-bond donors (Lipinski definition) is 2. The molecular formula is C26H31FN4O5. The Morgan fingerprint density at radius 2 is 2.22 bits per heavy atom. The van der Waals surface area contributed by atoms with Gasteiger partial charge in [0.15, 0.2) is 0 Å². The van der Waals surface area contributed by atoms with Crippen LogP contribution in [-0.4, -0.2) is 84.4 Å². The van der Waals surface area contributed by atoms with Gasteiger partial charge in [-0.2, -0.15) is 0 Å². The van der Waals surface area contributed by atoms with Gasteiger partial charge in [0.1, 0.15) is 24.1 Å². The Labute approximate surface area is 210 Å². The van der Waals surface area contributed by atoms with Crippen LogP contribution >= 0.6 is 0 Å². The zero-order valence-corrected chi connectivity index (χ0v) is 20.8. The van der Waals surface area contributed by atoms with E-state index in [4.69, 9.17) is 9.47 Å². The van der Waals surface area contributed by atoms with E-state index in [0.29, 0.717) is 17.8 Å². The fraction of sp³-hybridized carbons (Fsp3) is 0.423. The van der Waals surface area contributed by atoms with Gasteiger partial charge in [0.05, 0.1) is 19.2 Å². The first kappa shape index (κ1) is 26.9. The third-order valence-corrected chi connectivity index (χ3v) is 5.85. The fourth-order valence-electron chi connectivity index (χ4n) is 3.74. The first-order chi connectivity index (χ1) is 17.2. The number of urea groups is 1. The van der Waals surface area contributed by atoms with E-state index in [2.05, 4.69) is 22.1 Å². The number of aromatic nitrogens is 1. The molecule has 3 rings (SSSR count). The highest BCUT2D eigenvalue weighted by Gasteiger charge is 2.34. The SMILES string of the molecule is COCC#Cc1cnc2c(c1)C(=O)N([C@H](C)CO)C[C@H](C)[C@H](CN(C)C(=O)Nc1cccc(F)c1)O2. The second-order valence-corrected chi connectivity index (χ2v) is 8.76. The number of nitrogens with one attached hydrogen (secondary N) is 1. The van der Waals surface area contributed by atoms with Crippen molar-refractivity contribution in [1.82, 2.24) is 14.8 Å². The Morgan fingerprint density at radius 1 is 1.44 bits per heavy atom. The van der Waals surface area contributed by atoms with Crippen molar-refractivity contribution in [2.45, 2.75) is 26.0 Å². The summed E-state index contributed by atoms with van der Waals surface area (Å²) in [4.78, 5) is 33.5. The molecule has 192 valence electrons. The van der Waals surface area contributed by atoms with E-state index in [9.17, 15) is 19.1 Å². The Kier molecular flexibility index (Phi) is 9.22. The van der Waals surface area contributed by atoms with Crippen molar-refractivity contribution in [2.75, 3.05) is 45.8 Å². The van der Waals surface area contributed by atoms with Crippen LogP contribution in [0.3, 0.4) is 0 Å². The molecule has 0 aliphatic carbocycles. The largest absolute Gasteiger partial charge is 0.472 e. The van der Waals surface area contributed by atoms with Crippen LogP contribution in [0.25, 0.3) is 0 Å². The number of nitrogens with zero attached hydrogens (tertiary/aromatic N) is 3. The maximum atomic E-state index is 13.5. The number of ether oxygens (including phenoxy) is 2. The lowest BCUT2D eigenvalue weighted by atomic mass is 10.00. The molecule has 0 bridgehead atoms. The highest BCUT2D eigenvalue weighted by atomic mass is 19.1. The van der Waals surface area contributed by atoms with Gasteiger partial charge in [0, 0.05) is 44.1 Å². The van der Waals surface area contributed by atoms with E-state index in [-0.39, 0.29) is 43.0 Å². The number of carbonyl (C=O) groups is 2. The summed E-state index contributed by atoms with van der Waals surface area (Å²) in [5, 5.41) is 12.4. The van der Waals surface area contributed by atoms with Crippen LogP contribution in [0.1, 0.15) is 29.8 Å². The highest BCUT2D eigenvalue weighted by molar-refractivity contribution is 5.97. The lowest BCUT2D eigenvalue weighted by molar-refractivity contribution is 0.0356. The molecule has 10 heteroatoms. The average Bonchev–Trinajstić information content (AvgIpc) is 2.86. The Balaban J connectivity index is 1.87. The molecule has 1 aromatic carbocycles. The molecule has 2 heterocycles. The first-order valence-corrected chi connectivity index (χ1v) is 11.6. The number of anilines is 1. The second kappa shape index (κ2) is 12.3. The number of aliphatic hydroxyl groups excluding tert-OH is 1. The van der Waals surface area contributed by atoms with Crippen LogP contribution in [0.15, 0.2) is 36.5 Å². The number of carbonyl (C=O) groups excluding carboxylic acids is 2. The van der Waals surface area contributed by atoms with E-state index in [1.54, 1.807) is 31.0 Å². The van der Waals surface area contributed by atoms with E-state index in [1.165, 1.54) is 36.4 Å². The molecule has 9 nitrogen and oxygen atoms in total. The van der Waals surface area contributed by atoms with Gasteiger partial charge in [0.2, 0.25) is 5.88 Å². The van der Waals surface area contributed by atoms with Crippen molar-refractivity contribution in [3.8, 4) is 17.7 Å². The van der Waals surface area contributed by atoms with Gasteiger partial charge < -0.3 is 29.7 Å². The molecule has 2 N–H and O–H groups in total. The minimum Gasteiger partial charge on any atom is -0.472 e. The predicted octanol–water partition coefficient (Wildman–Crippen LogP) is 2.60. The van der Waals surface area contributed by atoms with Gasteiger partial charge in [0.25, 0.3) is 5.91 Å². The molecule has 3 amide bonds. The standard InChI is InChI=1S/C26H31FN4O5/c1-17-14-31(18(2)16-32)25(33)22-11-19(7-6-10-35-4)13-28-24(22)36-23(17)15-30(3)26(34)29-21-9-5-8-20(27)12-21/h5,8-9,11-13,17-18,23,32H,10,14-16H2,1-4H3,(H,29,34)/t17-,18+,23-/m0/s1. The molecule has 0 spiro atoms. The summed E-state index contributed by atoms with van der Waals surface area (Å²) < 4.78 is 24.6. The van der Waals surface area contributed by atoms with Crippen molar-refractivity contribution in [3.05, 3.63) is 53.5 Å². The molecule has 36 heavy (non-hydrogen) atoms. The monoisotopic (exact) mass is 498 g/mol. The maximum Gasteiger partial charge on any atom is 0.321 e. The number of fused-ring (bicyclic) bond motifs is 1. The molecule has 0 radical (unpaired) electrons. The van der Waals surface area contributed by atoms with Crippen LogP contribution < -0.4 is 10.1 Å². The highest BCUT2D eigenvalue weighted by Crippen LogP contribution is 2.27. The van der Waals surface area contributed by atoms with Crippen molar-refractivity contribution < 1.29 is 28.6 Å². The van der Waals surface area contributed by atoms with Crippen molar-refractivity contribution in [1.29, 1.82) is 0 Å². The van der Waals surface area contributed by atoms with Crippen LogP contribution in [0.4, 0.5) is 14.9 Å². The van der Waals surface area contributed by atoms with Crippen molar-refractivity contribution in [2.24, 2.45) is 5.92 Å². The van der Waals surface area contributed by atoms with E-state index >= 15 is 0 Å². The van der Waals surface area contributed by atoms with E-state index in [0.717, 1.165) is 0 Å². The fourth-order valence-corrected chi connectivity index (χ4v) is 3.74. The topological polar surface area (TPSA) is 104 Å². The third-order valence-electron chi connectivity index (χ3n) is 5.85. The summed E-state index contributed by atoms with van der Waals surface area (Å²) in [6, 6.07) is 6.36. The van der Waals surface area contributed by atoms with Crippen LogP contribution in [0.2, 0.25) is 0 Å².